The van der Waals surface area contributed by atoms with E-state index in [-0.39, 0.29) is 23.5 Å². The van der Waals surface area contributed by atoms with Gasteiger partial charge in [0.25, 0.3) is 0 Å². The minimum absolute atomic E-state index is 0.0146. The Morgan fingerprint density at radius 2 is 1.97 bits per heavy atom. The number of likely N-dealkylation sites (tertiary alicyclic amines) is 2. The predicted molar refractivity (Wildman–Crippen MR) is 121 cm³/mol. The van der Waals surface area contributed by atoms with Crippen molar-refractivity contribution in [2.24, 2.45) is 0 Å². The van der Waals surface area contributed by atoms with Crippen molar-refractivity contribution in [2.45, 2.75) is 44.6 Å². The molecule has 0 N–H and O–H groups in total. The third kappa shape index (κ3) is 4.45. The lowest BCUT2D eigenvalue weighted by Gasteiger charge is -2.36. The average Bonchev–Trinajstić information content (AvgIpc) is 3.23. The van der Waals surface area contributed by atoms with Crippen LogP contribution in [0, 0.1) is 5.82 Å². The Bertz CT molecular complexity index is 1000. The van der Waals surface area contributed by atoms with Gasteiger partial charge in [-0.3, -0.25) is 9.59 Å². The first-order valence-corrected chi connectivity index (χ1v) is 11.2. The van der Waals surface area contributed by atoms with E-state index in [4.69, 9.17) is 4.98 Å². The Kier molecular flexibility index (Phi) is 6.39. The summed E-state index contributed by atoms with van der Waals surface area (Å²) in [5.41, 5.74) is 2.48. The number of nitrogens with zero attached hydrogens (tertiary/aromatic N) is 5. The number of benzene rings is 1. The second kappa shape index (κ2) is 9.22. The van der Waals surface area contributed by atoms with Crippen LogP contribution in [0.25, 0.3) is 11.1 Å². The summed E-state index contributed by atoms with van der Waals surface area (Å²) < 4.78 is 13.9. The maximum Gasteiger partial charge on any atom is 0.245 e. The highest BCUT2D eigenvalue weighted by Crippen LogP contribution is 2.35. The zero-order valence-electron chi connectivity index (χ0n) is 18.9. The highest BCUT2D eigenvalue weighted by Gasteiger charge is 2.34. The fraction of sp³-hybridized carbons (Fsp3) is 0.500. The zero-order valence-corrected chi connectivity index (χ0v) is 18.9. The summed E-state index contributed by atoms with van der Waals surface area (Å²) in [6.07, 6.45) is 4.65. The number of hydrogen-bond acceptors (Lipinski definition) is 5. The molecule has 0 bridgehead atoms. The van der Waals surface area contributed by atoms with E-state index in [0.29, 0.717) is 32.0 Å². The molecule has 8 heteroatoms. The van der Waals surface area contributed by atoms with Crippen molar-refractivity contribution in [3.63, 3.8) is 0 Å². The number of rotatable bonds is 5. The smallest absolute Gasteiger partial charge is 0.245 e. The second-order valence-electron chi connectivity index (χ2n) is 8.84. The van der Waals surface area contributed by atoms with Gasteiger partial charge in [0.15, 0.2) is 0 Å². The van der Waals surface area contributed by atoms with Gasteiger partial charge in [-0.1, -0.05) is 12.1 Å². The van der Waals surface area contributed by atoms with Crippen molar-refractivity contribution in [2.75, 3.05) is 38.6 Å². The molecule has 1 atom stereocenters. The number of aromatic nitrogens is 2. The summed E-state index contributed by atoms with van der Waals surface area (Å²) in [7, 11) is 3.78. The van der Waals surface area contributed by atoms with Crippen LogP contribution in [0.5, 0.6) is 0 Å². The standard InChI is InChI=1S/C24H30FN5O2/c1-16(30-11-5-8-21(30)31)23(32)29-12-9-17(10-13-29)22-20(15-26-24(27-22)28(2)3)18-6-4-7-19(25)14-18/h4,6-7,14-17H,5,8-13H2,1-3H3. The van der Waals surface area contributed by atoms with Gasteiger partial charge in [0.1, 0.15) is 11.9 Å². The van der Waals surface area contributed by atoms with E-state index in [1.807, 2.05) is 36.9 Å². The number of anilines is 1. The molecular formula is C24H30FN5O2. The Hall–Kier alpha value is -3.03. The van der Waals surface area contributed by atoms with Gasteiger partial charge < -0.3 is 14.7 Å². The summed E-state index contributed by atoms with van der Waals surface area (Å²) in [6, 6.07) is 6.08. The lowest BCUT2D eigenvalue weighted by atomic mass is 9.88. The topological polar surface area (TPSA) is 69.6 Å². The number of carbonyl (C=O) groups excluding carboxylic acids is 2. The molecule has 7 nitrogen and oxygen atoms in total. The van der Waals surface area contributed by atoms with Crippen LogP contribution in [0.3, 0.4) is 0 Å². The van der Waals surface area contributed by atoms with E-state index in [0.717, 1.165) is 36.1 Å². The van der Waals surface area contributed by atoms with Crippen LogP contribution in [0.2, 0.25) is 0 Å². The van der Waals surface area contributed by atoms with Crippen molar-refractivity contribution in [3.05, 3.63) is 42.0 Å². The molecule has 2 saturated heterocycles. The van der Waals surface area contributed by atoms with Crippen LogP contribution in [-0.4, -0.2) is 71.4 Å². The van der Waals surface area contributed by atoms with Crippen LogP contribution in [0.4, 0.5) is 10.3 Å². The van der Waals surface area contributed by atoms with Crippen molar-refractivity contribution >= 4 is 17.8 Å². The van der Waals surface area contributed by atoms with Crippen LogP contribution in [-0.2, 0) is 9.59 Å². The fourth-order valence-corrected chi connectivity index (χ4v) is 4.64. The normalized spacial score (nSPS) is 18.2. The molecule has 32 heavy (non-hydrogen) atoms. The monoisotopic (exact) mass is 439 g/mol. The SMILES string of the molecule is CC(C(=O)N1CCC(c2nc(N(C)C)ncc2-c2cccc(F)c2)CC1)N1CCCC1=O. The third-order valence-electron chi connectivity index (χ3n) is 6.47. The van der Waals surface area contributed by atoms with Crippen molar-refractivity contribution in [1.82, 2.24) is 19.8 Å². The van der Waals surface area contributed by atoms with E-state index >= 15 is 0 Å². The summed E-state index contributed by atoms with van der Waals surface area (Å²) in [4.78, 5) is 39.7. The molecule has 3 heterocycles. The van der Waals surface area contributed by atoms with E-state index in [2.05, 4.69) is 4.98 Å². The van der Waals surface area contributed by atoms with Gasteiger partial charge in [0, 0.05) is 57.8 Å². The largest absolute Gasteiger partial charge is 0.347 e. The molecule has 0 saturated carbocycles. The molecule has 0 aliphatic carbocycles. The molecular weight excluding hydrogens is 409 g/mol. The molecule has 2 fully saturated rings. The van der Waals surface area contributed by atoms with Gasteiger partial charge in [0.05, 0.1) is 5.69 Å². The van der Waals surface area contributed by atoms with Gasteiger partial charge in [-0.25, -0.2) is 14.4 Å². The molecule has 0 spiro atoms. The molecule has 4 rings (SSSR count). The number of halogens is 1. The lowest BCUT2D eigenvalue weighted by molar-refractivity contribution is -0.143. The maximum absolute atomic E-state index is 13.9. The molecule has 2 aliphatic heterocycles. The van der Waals surface area contributed by atoms with Gasteiger partial charge in [0.2, 0.25) is 17.8 Å². The average molecular weight is 440 g/mol. The molecule has 2 aromatic rings. The first kappa shape index (κ1) is 22.2. The van der Waals surface area contributed by atoms with Gasteiger partial charge in [-0.15, -0.1) is 0 Å². The molecule has 2 amide bonds. The molecule has 1 aromatic heterocycles. The zero-order chi connectivity index (χ0) is 22.8. The van der Waals surface area contributed by atoms with Crippen LogP contribution in [0.15, 0.2) is 30.5 Å². The molecule has 1 unspecified atom stereocenters. The Labute approximate surface area is 188 Å². The minimum Gasteiger partial charge on any atom is -0.347 e. The second-order valence-corrected chi connectivity index (χ2v) is 8.84. The third-order valence-corrected chi connectivity index (χ3v) is 6.47. The first-order chi connectivity index (χ1) is 15.3. The Morgan fingerprint density at radius 3 is 2.59 bits per heavy atom. The van der Waals surface area contributed by atoms with Crippen molar-refractivity contribution in [3.8, 4) is 11.1 Å². The van der Waals surface area contributed by atoms with E-state index in [1.54, 1.807) is 17.2 Å². The number of piperidine rings is 1. The highest BCUT2D eigenvalue weighted by molar-refractivity contribution is 5.88. The predicted octanol–water partition coefficient (Wildman–Crippen LogP) is 3.07. The molecule has 1 aromatic carbocycles. The van der Waals surface area contributed by atoms with Gasteiger partial charge >= 0.3 is 0 Å². The van der Waals surface area contributed by atoms with Crippen LogP contribution < -0.4 is 4.90 Å². The summed E-state index contributed by atoms with van der Waals surface area (Å²) in [5.74, 6) is 0.539. The Balaban J connectivity index is 1.53. The van der Waals surface area contributed by atoms with Crippen LogP contribution >= 0.6 is 0 Å². The lowest BCUT2D eigenvalue weighted by Crippen LogP contribution is -2.49. The molecule has 170 valence electrons. The van der Waals surface area contributed by atoms with Crippen molar-refractivity contribution in [1.29, 1.82) is 0 Å². The number of amides is 2. The quantitative estimate of drug-likeness (QED) is 0.716. The maximum atomic E-state index is 13.9. The van der Waals surface area contributed by atoms with E-state index < -0.39 is 6.04 Å². The molecule has 0 radical (unpaired) electrons. The van der Waals surface area contributed by atoms with Crippen LogP contribution in [0.1, 0.15) is 44.2 Å². The summed E-state index contributed by atoms with van der Waals surface area (Å²) >= 11 is 0. The number of hydrogen-bond donors (Lipinski definition) is 0. The summed E-state index contributed by atoms with van der Waals surface area (Å²) in [5, 5.41) is 0. The van der Waals surface area contributed by atoms with Crippen molar-refractivity contribution < 1.29 is 14.0 Å². The van der Waals surface area contributed by atoms with Gasteiger partial charge in [-0.05, 0) is 43.9 Å². The molecule has 2 aliphatic rings. The summed E-state index contributed by atoms with van der Waals surface area (Å²) in [6.45, 7) is 3.71. The minimum atomic E-state index is -0.413. The van der Waals surface area contributed by atoms with Gasteiger partial charge in [-0.2, -0.15) is 0 Å². The Morgan fingerprint density at radius 1 is 1.22 bits per heavy atom. The van der Waals surface area contributed by atoms with E-state index in [1.165, 1.54) is 12.1 Å². The number of carbonyl (C=O) groups is 2. The fourth-order valence-electron chi connectivity index (χ4n) is 4.64. The van der Waals surface area contributed by atoms with E-state index in [9.17, 15) is 14.0 Å². The highest BCUT2D eigenvalue weighted by atomic mass is 19.1. The first-order valence-electron chi connectivity index (χ1n) is 11.2.